The first-order chi connectivity index (χ1) is 13.6. The van der Waals surface area contributed by atoms with Crippen molar-refractivity contribution in [1.29, 1.82) is 0 Å². The van der Waals surface area contributed by atoms with Crippen LogP contribution in [0.15, 0.2) is 53.9 Å². The largest absolute Gasteiger partial charge is 0.336 e. The SMILES string of the molecule is O=C(c1cc(F)ccc1F)N1CCN(Cc2csc(-c3ccccc3)n2)CC1. The van der Waals surface area contributed by atoms with Gasteiger partial charge >= 0.3 is 0 Å². The molecule has 4 rings (SSSR count). The Hall–Kier alpha value is -2.64. The van der Waals surface area contributed by atoms with Crippen molar-refractivity contribution < 1.29 is 13.6 Å². The van der Waals surface area contributed by atoms with Gasteiger partial charge in [0.2, 0.25) is 0 Å². The number of nitrogens with zero attached hydrogens (tertiary/aromatic N) is 3. The van der Waals surface area contributed by atoms with Crippen LogP contribution in [0.5, 0.6) is 0 Å². The van der Waals surface area contributed by atoms with E-state index in [1.54, 1.807) is 16.2 Å². The van der Waals surface area contributed by atoms with E-state index in [4.69, 9.17) is 4.98 Å². The lowest BCUT2D eigenvalue weighted by Gasteiger charge is -2.34. The highest BCUT2D eigenvalue weighted by Crippen LogP contribution is 2.24. The summed E-state index contributed by atoms with van der Waals surface area (Å²) in [6, 6.07) is 13.0. The zero-order chi connectivity index (χ0) is 19.5. The van der Waals surface area contributed by atoms with Crippen LogP contribution in [-0.4, -0.2) is 46.9 Å². The molecule has 1 saturated heterocycles. The fourth-order valence-corrected chi connectivity index (χ4v) is 4.08. The minimum atomic E-state index is -0.690. The number of halogens is 2. The average molecular weight is 399 g/mol. The summed E-state index contributed by atoms with van der Waals surface area (Å²) in [7, 11) is 0. The summed E-state index contributed by atoms with van der Waals surface area (Å²) in [6.07, 6.45) is 0. The Balaban J connectivity index is 1.35. The Labute approximate surface area is 166 Å². The van der Waals surface area contributed by atoms with Crippen LogP contribution in [0.4, 0.5) is 8.78 Å². The zero-order valence-corrected chi connectivity index (χ0v) is 16.0. The van der Waals surface area contributed by atoms with E-state index in [0.717, 1.165) is 34.5 Å². The number of hydrogen-bond donors (Lipinski definition) is 0. The van der Waals surface area contributed by atoms with Crippen LogP contribution in [0, 0.1) is 11.6 Å². The first kappa shape index (κ1) is 18.7. The third-order valence-corrected chi connectivity index (χ3v) is 5.72. The third-order valence-electron chi connectivity index (χ3n) is 4.78. The van der Waals surface area contributed by atoms with Crippen molar-refractivity contribution in [2.45, 2.75) is 6.54 Å². The Morgan fingerprint density at radius 1 is 1.04 bits per heavy atom. The summed E-state index contributed by atoms with van der Waals surface area (Å²) in [5.41, 5.74) is 1.89. The molecular formula is C21H19F2N3OS. The topological polar surface area (TPSA) is 36.4 Å². The van der Waals surface area contributed by atoms with Crippen molar-refractivity contribution in [3.8, 4) is 10.6 Å². The number of carbonyl (C=O) groups excluding carboxylic acids is 1. The van der Waals surface area contributed by atoms with Crippen molar-refractivity contribution in [2.24, 2.45) is 0 Å². The second-order valence-corrected chi connectivity index (χ2v) is 7.56. The van der Waals surface area contributed by atoms with Gasteiger partial charge in [0.15, 0.2) is 0 Å². The fourth-order valence-electron chi connectivity index (χ4n) is 3.26. The summed E-state index contributed by atoms with van der Waals surface area (Å²) in [5, 5.41) is 3.05. The molecule has 0 radical (unpaired) electrons. The number of amides is 1. The molecule has 2 heterocycles. The quantitative estimate of drug-likeness (QED) is 0.664. The number of benzene rings is 2. The van der Waals surface area contributed by atoms with E-state index >= 15 is 0 Å². The van der Waals surface area contributed by atoms with E-state index < -0.39 is 17.5 Å². The van der Waals surface area contributed by atoms with Gasteiger partial charge in [-0.15, -0.1) is 11.3 Å². The van der Waals surface area contributed by atoms with Crippen LogP contribution in [0.3, 0.4) is 0 Å². The number of rotatable bonds is 4. The van der Waals surface area contributed by atoms with Crippen molar-refractivity contribution in [3.05, 3.63) is 76.8 Å². The zero-order valence-electron chi connectivity index (χ0n) is 15.1. The molecule has 0 unspecified atom stereocenters. The maximum Gasteiger partial charge on any atom is 0.257 e. The summed E-state index contributed by atoms with van der Waals surface area (Å²) >= 11 is 1.62. The van der Waals surface area contributed by atoms with Crippen LogP contribution >= 0.6 is 11.3 Å². The van der Waals surface area contributed by atoms with Crippen molar-refractivity contribution >= 4 is 17.2 Å². The van der Waals surface area contributed by atoms with Gasteiger partial charge in [-0.05, 0) is 18.2 Å². The van der Waals surface area contributed by atoms with Crippen molar-refractivity contribution in [2.75, 3.05) is 26.2 Å². The average Bonchev–Trinajstić information content (AvgIpc) is 3.19. The Morgan fingerprint density at radius 2 is 1.79 bits per heavy atom. The smallest absolute Gasteiger partial charge is 0.257 e. The molecule has 1 amide bonds. The summed E-state index contributed by atoms with van der Waals surface area (Å²) in [6.45, 7) is 3.00. The summed E-state index contributed by atoms with van der Waals surface area (Å²) in [5.74, 6) is -1.76. The van der Waals surface area contributed by atoms with E-state index in [-0.39, 0.29) is 5.56 Å². The molecule has 4 nitrogen and oxygen atoms in total. The van der Waals surface area contributed by atoms with Crippen LogP contribution in [0.25, 0.3) is 10.6 Å². The predicted molar refractivity (Wildman–Crippen MR) is 105 cm³/mol. The predicted octanol–water partition coefficient (Wildman–Crippen LogP) is 4.05. The maximum absolute atomic E-state index is 13.8. The highest BCUT2D eigenvalue weighted by molar-refractivity contribution is 7.13. The molecule has 2 aromatic carbocycles. The Kier molecular flexibility index (Phi) is 5.45. The first-order valence-electron chi connectivity index (χ1n) is 9.06. The summed E-state index contributed by atoms with van der Waals surface area (Å²) < 4.78 is 27.2. The molecule has 0 saturated carbocycles. The second-order valence-electron chi connectivity index (χ2n) is 6.70. The van der Waals surface area contributed by atoms with Crippen LogP contribution < -0.4 is 0 Å². The molecule has 0 atom stereocenters. The number of piperazine rings is 1. The third kappa shape index (κ3) is 4.10. The molecule has 0 spiro atoms. The molecule has 0 N–H and O–H groups in total. The van der Waals surface area contributed by atoms with Crippen molar-refractivity contribution in [3.63, 3.8) is 0 Å². The van der Waals surface area contributed by atoms with Gasteiger partial charge in [0.25, 0.3) is 5.91 Å². The molecule has 1 fully saturated rings. The normalized spacial score (nSPS) is 15.0. The van der Waals surface area contributed by atoms with E-state index in [1.807, 2.05) is 30.3 Å². The van der Waals surface area contributed by atoms with Crippen molar-refractivity contribution in [1.82, 2.24) is 14.8 Å². The number of carbonyl (C=O) groups is 1. The number of thiazole rings is 1. The Morgan fingerprint density at radius 3 is 2.54 bits per heavy atom. The minimum Gasteiger partial charge on any atom is -0.336 e. The molecule has 28 heavy (non-hydrogen) atoms. The lowest BCUT2D eigenvalue weighted by molar-refractivity contribution is 0.0622. The summed E-state index contributed by atoms with van der Waals surface area (Å²) in [4.78, 5) is 21.0. The lowest BCUT2D eigenvalue weighted by Crippen LogP contribution is -2.48. The van der Waals surface area contributed by atoms with Gasteiger partial charge in [0, 0.05) is 43.7 Å². The molecule has 0 aliphatic carbocycles. The molecule has 7 heteroatoms. The van der Waals surface area contributed by atoms with Gasteiger partial charge in [-0.3, -0.25) is 9.69 Å². The van der Waals surface area contributed by atoms with E-state index in [2.05, 4.69) is 10.3 Å². The highest BCUT2D eigenvalue weighted by atomic mass is 32.1. The van der Waals surface area contributed by atoms with Gasteiger partial charge < -0.3 is 4.90 Å². The molecule has 1 aliphatic heterocycles. The second kappa shape index (κ2) is 8.16. The molecule has 144 valence electrons. The van der Waals surface area contributed by atoms with E-state index in [1.165, 1.54) is 0 Å². The highest BCUT2D eigenvalue weighted by Gasteiger charge is 2.25. The first-order valence-corrected chi connectivity index (χ1v) is 9.94. The molecule has 1 aromatic heterocycles. The van der Waals surface area contributed by atoms with Gasteiger partial charge in [-0.25, -0.2) is 13.8 Å². The van der Waals surface area contributed by atoms with Gasteiger partial charge in [0.1, 0.15) is 16.6 Å². The fraction of sp³-hybridized carbons (Fsp3) is 0.238. The van der Waals surface area contributed by atoms with Gasteiger partial charge in [-0.1, -0.05) is 30.3 Å². The van der Waals surface area contributed by atoms with Gasteiger partial charge in [-0.2, -0.15) is 0 Å². The van der Waals surface area contributed by atoms with E-state index in [9.17, 15) is 13.6 Å². The van der Waals surface area contributed by atoms with Crippen LogP contribution in [-0.2, 0) is 6.54 Å². The molecule has 1 aliphatic rings. The molecular weight excluding hydrogens is 380 g/mol. The molecule has 0 bridgehead atoms. The van der Waals surface area contributed by atoms with Crippen LogP contribution in [0.2, 0.25) is 0 Å². The molecule has 3 aromatic rings. The lowest BCUT2D eigenvalue weighted by atomic mass is 10.1. The van der Waals surface area contributed by atoms with E-state index in [0.29, 0.717) is 32.7 Å². The van der Waals surface area contributed by atoms with Crippen LogP contribution in [0.1, 0.15) is 16.1 Å². The number of hydrogen-bond acceptors (Lipinski definition) is 4. The minimum absolute atomic E-state index is 0.208. The Bertz CT molecular complexity index is 969. The monoisotopic (exact) mass is 399 g/mol. The maximum atomic E-state index is 13.8. The number of aromatic nitrogens is 1. The standard InChI is InChI=1S/C21H19F2N3OS/c22-16-6-7-19(23)18(12-16)21(27)26-10-8-25(9-11-26)13-17-14-28-20(24-17)15-4-2-1-3-5-15/h1-7,12,14H,8-11,13H2. The van der Waals surface area contributed by atoms with Gasteiger partial charge in [0.05, 0.1) is 11.3 Å².